The number of likely N-dealkylation sites (N-methyl/N-ethyl adjacent to an activating group) is 1. The molecule has 2 N–H and O–H groups in total. The van der Waals surface area contributed by atoms with E-state index in [1.165, 1.54) is 0 Å². The predicted molar refractivity (Wildman–Crippen MR) is 87.4 cm³/mol. The van der Waals surface area contributed by atoms with Gasteiger partial charge in [-0.15, -0.1) is 0 Å². The molecule has 1 unspecified atom stereocenters. The first-order valence-electron chi connectivity index (χ1n) is 7.22. The van der Waals surface area contributed by atoms with Crippen LogP contribution in [0.5, 0.6) is 0 Å². The summed E-state index contributed by atoms with van der Waals surface area (Å²) in [6.45, 7) is 8.80. The molecule has 1 heterocycles. The maximum Gasteiger partial charge on any atom is 0.222 e. The molecule has 0 aromatic carbocycles. The molecule has 0 aliphatic carbocycles. The summed E-state index contributed by atoms with van der Waals surface area (Å²) in [6.07, 6.45) is 3.60. The van der Waals surface area contributed by atoms with Crippen LogP contribution in [0.3, 0.4) is 0 Å². The molecule has 1 saturated heterocycles. The van der Waals surface area contributed by atoms with Crippen LogP contribution < -0.4 is 10.6 Å². The largest absolute Gasteiger partial charge is 0.357 e. The average Bonchev–Trinajstić information content (AvgIpc) is 2.41. The van der Waals surface area contributed by atoms with Crippen LogP contribution in [0.1, 0.15) is 33.6 Å². The maximum atomic E-state index is 11.5. The molecule has 116 valence electrons. The van der Waals surface area contributed by atoms with Gasteiger partial charge in [-0.3, -0.25) is 9.79 Å². The van der Waals surface area contributed by atoms with Crippen LogP contribution in [0, 0.1) is 0 Å². The van der Waals surface area contributed by atoms with Gasteiger partial charge in [0.05, 0.1) is 6.54 Å². The Bertz CT molecular complexity index is 357. The molecule has 1 amide bonds. The van der Waals surface area contributed by atoms with E-state index in [0.717, 1.165) is 32.0 Å². The number of piperidine rings is 1. The lowest BCUT2D eigenvalue weighted by Crippen LogP contribution is -2.52. The number of carbonyl (C=O) groups excluding carboxylic acids is 1. The van der Waals surface area contributed by atoms with Crippen molar-refractivity contribution < 1.29 is 4.79 Å². The maximum absolute atomic E-state index is 11.5. The van der Waals surface area contributed by atoms with Crippen LogP contribution in [-0.2, 0) is 4.79 Å². The molecular formula is C14H28N4OS. The Labute approximate surface area is 127 Å². The van der Waals surface area contributed by atoms with Crippen molar-refractivity contribution in [1.29, 1.82) is 0 Å². The number of nitrogens with zero attached hydrogens (tertiary/aromatic N) is 2. The second kappa shape index (κ2) is 7.76. The Balaban J connectivity index is 2.58. The van der Waals surface area contributed by atoms with Crippen molar-refractivity contribution in [3.8, 4) is 0 Å². The smallest absolute Gasteiger partial charge is 0.222 e. The molecule has 6 heteroatoms. The summed E-state index contributed by atoms with van der Waals surface area (Å²) in [6, 6.07) is 0.285. The van der Waals surface area contributed by atoms with Gasteiger partial charge in [0.2, 0.25) is 5.91 Å². The first-order valence-corrected chi connectivity index (χ1v) is 8.44. The lowest BCUT2D eigenvalue weighted by Gasteiger charge is -2.31. The average molecular weight is 300 g/mol. The van der Waals surface area contributed by atoms with E-state index in [1.54, 1.807) is 4.90 Å². The second-order valence-corrected chi connectivity index (χ2v) is 7.33. The molecule has 1 aliphatic heterocycles. The molecule has 1 fully saturated rings. The van der Waals surface area contributed by atoms with E-state index in [2.05, 4.69) is 42.7 Å². The highest BCUT2D eigenvalue weighted by molar-refractivity contribution is 7.99. The molecule has 1 aliphatic rings. The lowest BCUT2D eigenvalue weighted by molar-refractivity contribution is -0.132. The van der Waals surface area contributed by atoms with Gasteiger partial charge in [-0.2, -0.15) is 11.8 Å². The van der Waals surface area contributed by atoms with Crippen molar-refractivity contribution in [3.05, 3.63) is 0 Å². The Kier molecular flexibility index (Phi) is 6.65. The van der Waals surface area contributed by atoms with Gasteiger partial charge in [0.25, 0.3) is 0 Å². The Morgan fingerprint density at radius 2 is 2.25 bits per heavy atom. The summed E-state index contributed by atoms with van der Waals surface area (Å²) in [5.41, 5.74) is 0. The van der Waals surface area contributed by atoms with Crippen molar-refractivity contribution in [3.63, 3.8) is 0 Å². The van der Waals surface area contributed by atoms with Crippen LogP contribution in [0.15, 0.2) is 4.99 Å². The predicted octanol–water partition coefficient (Wildman–Crippen LogP) is 1.30. The zero-order valence-corrected chi connectivity index (χ0v) is 14.1. The zero-order chi connectivity index (χ0) is 15.2. The summed E-state index contributed by atoms with van der Waals surface area (Å²) < 4.78 is 0.141. The van der Waals surface area contributed by atoms with E-state index in [-0.39, 0.29) is 16.7 Å². The van der Waals surface area contributed by atoms with E-state index in [9.17, 15) is 4.79 Å². The number of nitrogens with one attached hydrogen (secondary N) is 2. The van der Waals surface area contributed by atoms with Gasteiger partial charge < -0.3 is 15.5 Å². The third-order valence-electron chi connectivity index (χ3n) is 3.48. The van der Waals surface area contributed by atoms with E-state index < -0.39 is 0 Å². The van der Waals surface area contributed by atoms with Crippen LogP contribution >= 0.6 is 11.8 Å². The minimum Gasteiger partial charge on any atom is -0.357 e. The van der Waals surface area contributed by atoms with Crippen molar-refractivity contribution in [2.45, 2.75) is 44.4 Å². The molecule has 20 heavy (non-hydrogen) atoms. The molecular weight excluding hydrogens is 272 g/mol. The Hall–Kier alpha value is -0.910. The summed E-state index contributed by atoms with van der Waals surface area (Å²) in [5, 5.41) is 6.72. The number of amides is 1. The molecule has 0 radical (unpaired) electrons. The molecule has 5 nitrogen and oxygen atoms in total. The quantitative estimate of drug-likeness (QED) is 0.594. The standard InChI is InChI=1S/C14H28N4OS/c1-6-15-13(16-10-14(2,3)20-5)17-11-7-8-12(19)18(4)9-11/h11H,6-10H2,1-5H3,(H2,15,16,17). The van der Waals surface area contributed by atoms with Gasteiger partial charge in [0, 0.05) is 37.3 Å². The highest BCUT2D eigenvalue weighted by Gasteiger charge is 2.23. The third-order valence-corrected chi connectivity index (χ3v) is 4.72. The molecule has 0 aromatic rings. The number of likely N-dealkylation sites (tertiary alicyclic amines) is 1. The fourth-order valence-electron chi connectivity index (χ4n) is 1.98. The number of rotatable bonds is 5. The van der Waals surface area contributed by atoms with E-state index >= 15 is 0 Å². The fourth-order valence-corrected chi connectivity index (χ4v) is 2.17. The number of hydrogen-bond acceptors (Lipinski definition) is 3. The summed E-state index contributed by atoms with van der Waals surface area (Å²) >= 11 is 1.82. The minimum atomic E-state index is 0.141. The monoisotopic (exact) mass is 300 g/mol. The van der Waals surface area contributed by atoms with Gasteiger partial charge in [-0.25, -0.2) is 0 Å². The van der Waals surface area contributed by atoms with Gasteiger partial charge in [0.15, 0.2) is 5.96 Å². The normalized spacial score (nSPS) is 21.1. The van der Waals surface area contributed by atoms with Crippen molar-refractivity contribution in [1.82, 2.24) is 15.5 Å². The van der Waals surface area contributed by atoms with E-state index in [4.69, 9.17) is 0 Å². The molecule has 0 spiro atoms. The number of carbonyl (C=O) groups is 1. The lowest BCUT2D eigenvalue weighted by atomic mass is 10.1. The van der Waals surface area contributed by atoms with Crippen LogP contribution in [0.2, 0.25) is 0 Å². The SMILES string of the molecule is CCNC(=NCC(C)(C)SC)NC1CCC(=O)N(C)C1. The molecule has 1 rings (SSSR count). The summed E-state index contributed by atoms with van der Waals surface area (Å²) in [4.78, 5) is 17.9. The number of guanidine groups is 1. The summed E-state index contributed by atoms with van der Waals surface area (Å²) in [7, 11) is 1.86. The van der Waals surface area contributed by atoms with Gasteiger partial charge >= 0.3 is 0 Å². The van der Waals surface area contributed by atoms with Crippen LogP contribution in [-0.4, -0.2) is 60.5 Å². The molecule has 0 aromatic heterocycles. The minimum absolute atomic E-state index is 0.141. The van der Waals surface area contributed by atoms with Gasteiger partial charge in [-0.1, -0.05) is 0 Å². The van der Waals surface area contributed by atoms with Crippen molar-refractivity contribution in [2.75, 3.05) is 32.9 Å². The second-order valence-electron chi connectivity index (χ2n) is 5.81. The zero-order valence-electron chi connectivity index (χ0n) is 13.3. The summed E-state index contributed by atoms with van der Waals surface area (Å²) in [5.74, 6) is 1.08. The number of aliphatic imine (C=N–C) groups is 1. The Morgan fingerprint density at radius 3 is 2.80 bits per heavy atom. The molecule has 0 bridgehead atoms. The molecule has 1 atom stereocenters. The third kappa shape index (κ3) is 5.61. The highest BCUT2D eigenvalue weighted by Crippen LogP contribution is 2.21. The van der Waals surface area contributed by atoms with Gasteiger partial charge in [-0.05, 0) is 33.4 Å². The van der Waals surface area contributed by atoms with Crippen molar-refractivity contribution in [2.24, 2.45) is 4.99 Å². The highest BCUT2D eigenvalue weighted by atomic mass is 32.2. The number of thioether (sulfide) groups is 1. The molecule has 0 saturated carbocycles. The van der Waals surface area contributed by atoms with E-state index in [1.807, 2.05) is 18.8 Å². The first kappa shape index (κ1) is 17.1. The van der Waals surface area contributed by atoms with Crippen molar-refractivity contribution >= 4 is 23.6 Å². The number of hydrogen-bond donors (Lipinski definition) is 2. The topological polar surface area (TPSA) is 56.7 Å². The van der Waals surface area contributed by atoms with E-state index in [0.29, 0.717) is 6.42 Å². The fraction of sp³-hybridized carbons (Fsp3) is 0.857. The Morgan fingerprint density at radius 1 is 1.55 bits per heavy atom. The first-order chi connectivity index (χ1) is 9.38. The van der Waals surface area contributed by atoms with Crippen LogP contribution in [0.25, 0.3) is 0 Å². The van der Waals surface area contributed by atoms with Gasteiger partial charge in [0.1, 0.15) is 0 Å². The van der Waals surface area contributed by atoms with Crippen LogP contribution in [0.4, 0.5) is 0 Å².